The van der Waals surface area contributed by atoms with Gasteiger partial charge in [0.15, 0.2) is 0 Å². The Labute approximate surface area is 121 Å². The predicted octanol–water partition coefficient (Wildman–Crippen LogP) is 2.28. The highest BCUT2D eigenvalue weighted by Gasteiger charge is 2.26. The molecule has 1 aliphatic rings. The van der Waals surface area contributed by atoms with Crippen molar-refractivity contribution >= 4 is 11.6 Å². The molecule has 1 atom stereocenters. The van der Waals surface area contributed by atoms with Crippen LogP contribution in [0.15, 0.2) is 24.3 Å². The number of benzene rings is 1. The lowest BCUT2D eigenvalue weighted by molar-refractivity contribution is 0.0755. The summed E-state index contributed by atoms with van der Waals surface area (Å²) in [7, 11) is 3.75. The summed E-state index contributed by atoms with van der Waals surface area (Å²) >= 11 is 0. The number of para-hydroxylation sites is 1. The SMILES string of the molecule is CCN1CCCC1CN(C)C(=O)c1ccccc1NC. The molecule has 0 aliphatic carbocycles. The van der Waals surface area contributed by atoms with Gasteiger partial charge in [0.1, 0.15) is 0 Å². The molecule has 1 fully saturated rings. The van der Waals surface area contributed by atoms with Gasteiger partial charge in [0.2, 0.25) is 0 Å². The van der Waals surface area contributed by atoms with E-state index in [1.807, 2.05) is 43.3 Å². The van der Waals surface area contributed by atoms with Crippen LogP contribution < -0.4 is 5.32 Å². The minimum Gasteiger partial charge on any atom is -0.387 e. The molecule has 0 saturated carbocycles. The van der Waals surface area contributed by atoms with Crippen LogP contribution in [-0.4, -0.2) is 55.5 Å². The van der Waals surface area contributed by atoms with E-state index in [9.17, 15) is 4.79 Å². The molecule has 0 radical (unpaired) electrons. The van der Waals surface area contributed by atoms with Crippen LogP contribution in [0.1, 0.15) is 30.1 Å². The lowest BCUT2D eigenvalue weighted by atomic mass is 10.1. The summed E-state index contributed by atoms with van der Waals surface area (Å²) in [4.78, 5) is 16.9. The zero-order valence-electron chi connectivity index (χ0n) is 12.7. The van der Waals surface area contributed by atoms with E-state index in [0.717, 1.165) is 30.9 Å². The Morgan fingerprint density at radius 1 is 1.45 bits per heavy atom. The number of likely N-dealkylation sites (N-methyl/N-ethyl adjacent to an activating group) is 2. The third kappa shape index (κ3) is 3.12. The number of likely N-dealkylation sites (tertiary alicyclic amines) is 1. The molecule has 1 aromatic carbocycles. The number of rotatable bonds is 5. The van der Waals surface area contributed by atoms with E-state index in [-0.39, 0.29) is 5.91 Å². The van der Waals surface area contributed by atoms with E-state index >= 15 is 0 Å². The first-order chi connectivity index (χ1) is 9.67. The maximum atomic E-state index is 12.6. The number of hydrogen-bond donors (Lipinski definition) is 1. The molecule has 20 heavy (non-hydrogen) atoms. The molecule has 0 bridgehead atoms. The first kappa shape index (κ1) is 14.9. The van der Waals surface area contributed by atoms with E-state index in [2.05, 4.69) is 17.1 Å². The lowest BCUT2D eigenvalue weighted by Gasteiger charge is -2.28. The Morgan fingerprint density at radius 3 is 2.90 bits per heavy atom. The van der Waals surface area contributed by atoms with E-state index in [1.165, 1.54) is 12.8 Å². The maximum Gasteiger partial charge on any atom is 0.255 e. The molecule has 1 aliphatic heterocycles. The quantitative estimate of drug-likeness (QED) is 0.895. The van der Waals surface area contributed by atoms with Crippen LogP contribution in [0.5, 0.6) is 0 Å². The molecule has 0 aromatic heterocycles. The van der Waals surface area contributed by atoms with Gasteiger partial charge in [-0.05, 0) is 38.1 Å². The number of carbonyl (C=O) groups is 1. The second-order valence-corrected chi connectivity index (χ2v) is 5.41. The number of hydrogen-bond acceptors (Lipinski definition) is 3. The van der Waals surface area contributed by atoms with Crippen molar-refractivity contribution in [3.8, 4) is 0 Å². The predicted molar refractivity (Wildman–Crippen MR) is 83.2 cm³/mol. The minimum absolute atomic E-state index is 0.0953. The van der Waals surface area contributed by atoms with E-state index in [4.69, 9.17) is 0 Å². The van der Waals surface area contributed by atoms with E-state index < -0.39 is 0 Å². The number of anilines is 1. The highest BCUT2D eigenvalue weighted by atomic mass is 16.2. The Kier molecular flexibility index (Phi) is 5.01. The summed E-state index contributed by atoms with van der Waals surface area (Å²) in [5.74, 6) is 0.0953. The molecule has 1 aromatic rings. The molecule has 1 amide bonds. The van der Waals surface area contributed by atoms with Crippen molar-refractivity contribution in [2.45, 2.75) is 25.8 Å². The van der Waals surface area contributed by atoms with Gasteiger partial charge in [-0.25, -0.2) is 0 Å². The van der Waals surface area contributed by atoms with Crippen LogP contribution in [0.4, 0.5) is 5.69 Å². The van der Waals surface area contributed by atoms with Gasteiger partial charge in [-0.1, -0.05) is 19.1 Å². The fourth-order valence-electron chi connectivity index (χ4n) is 3.01. The molecule has 1 N–H and O–H groups in total. The number of carbonyl (C=O) groups excluding carboxylic acids is 1. The van der Waals surface area contributed by atoms with Crippen molar-refractivity contribution < 1.29 is 4.79 Å². The molecule has 0 spiro atoms. The molecule has 1 unspecified atom stereocenters. The number of amides is 1. The summed E-state index contributed by atoms with van der Waals surface area (Å²) in [6.07, 6.45) is 2.44. The van der Waals surface area contributed by atoms with Crippen LogP contribution in [-0.2, 0) is 0 Å². The Hall–Kier alpha value is -1.55. The topological polar surface area (TPSA) is 35.6 Å². The summed E-state index contributed by atoms with van der Waals surface area (Å²) in [6, 6.07) is 8.19. The molecule has 110 valence electrons. The van der Waals surface area contributed by atoms with E-state index in [1.54, 1.807) is 0 Å². The van der Waals surface area contributed by atoms with Crippen LogP contribution >= 0.6 is 0 Å². The normalized spacial score (nSPS) is 19.1. The number of nitrogens with one attached hydrogen (secondary N) is 1. The fraction of sp³-hybridized carbons (Fsp3) is 0.562. The van der Waals surface area contributed by atoms with Gasteiger partial charge in [-0.15, -0.1) is 0 Å². The smallest absolute Gasteiger partial charge is 0.255 e. The Bertz CT molecular complexity index is 461. The van der Waals surface area contributed by atoms with Crippen molar-refractivity contribution in [3.63, 3.8) is 0 Å². The summed E-state index contributed by atoms with van der Waals surface area (Å²) in [5, 5.41) is 3.09. The molecule has 1 heterocycles. The van der Waals surface area contributed by atoms with Crippen molar-refractivity contribution in [1.29, 1.82) is 0 Å². The minimum atomic E-state index is 0.0953. The zero-order valence-corrected chi connectivity index (χ0v) is 12.7. The molecule has 4 heteroatoms. The highest BCUT2D eigenvalue weighted by molar-refractivity contribution is 5.99. The van der Waals surface area contributed by atoms with Crippen molar-refractivity contribution in [2.75, 3.05) is 39.0 Å². The van der Waals surface area contributed by atoms with Crippen molar-refractivity contribution in [3.05, 3.63) is 29.8 Å². The maximum absolute atomic E-state index is 12.6. The van der Waals surface area contributed by atoms with Gasteiger partial charge in [0.25, 0.3) is 5.91 Å². The lowest BCUT2D eigenvalue weighted by Crippen LogP contribution is -2.41. The molecular formula is C16H25N3O. The Morgan fingerprint density at radius 2 is 2.20 bits per heavy atom. The molecule has 4 nitrogen and oxygen atoms in total. The second-order valence-electron chi connectivity index (χ2n) is 5.41. The molecule has 2 rings (SSSR count). The second kappa shape index (κ2) is 6.75. The Balaban J connectivity index is 2.05. The summed E-state index contributed by atoms with van der Waals surface area (Å²) in [5.41, 5.74) is 1.64. The zero-order chi connectivity index (χ0) is 14.5. The monoisotopic (exact) mass is 275 g/mol. The average Bonchev–Trinajstić information content (AvgIpc) is 2.93. The summed E-state index contributed by atoms with van der Waals surface area (Å²) in [6.45, 7) is 5.23. The third-order valence-electron chi connectivity index (χ3n) is 4.16. The van der Waals surface area contributed by atoms with E-state index in [0.29, 0.717) is 6.04 Å². The van der Waals surface area contributed by atoms with Crippen LogP contribution in [0, 0.1) is 0 Å². The van der Waals surface area contributed by atoms with Gasteiger partial charge in [-0.2, -0.15) is 0 Å². The average molecular weight is 275 g/mol. The van der Waals surface area contributed by atoms with Gasteiger partial charge in [0, 0.05) is 32.4 Å². The number of nitrogens with zero attached hydrogens (tertiary/aromatic N) is 2. The van der Waals surface area contributed by atoms with Gasteiger partial charge in [-0.3, -0.25) is 9.69 Å². The summed E-state index contributed by atoms with van der Waals surface area (Å²) < 4.78 is 0. The fourth-order valence-corrected chi connectivity index (χ4v) is 3.01. The van der Waals surface area contributed by atoms with Gasteiger partial charge < -0.3 is 10.2 Å². The van der Waals surface area contributed by atoms with Gasteiger partial charge in [0.05, 0.1) is 5.56 Å². The first-order valence-electron chi connectivity index (χ1n) is 7.43. The highest BCUT2D eigenvalue weighted by Crippen LogP contribution is 2.20. The van der Waals surface area contributed by atoms with Gasteiger partial charge >= 0.3 is 0 Å². The third-order valence-corrected chi connectivity index (χ3v) is 4.16. The standard InChI is InChI=1S/C16H25N3O/c1-4-19-11-7-8-13(19)12-18(3)16(20)14-9-5-6-10-15(14)17-2/h5-6,9-10,13,17H,4,7-8,11-12H2,1-3H3. The largest absolute Gasteiger partial charge is 0.387 e. The van der Waals surface area contributed by atoms with Crippen LogP contribution in [0.25, 0.3) is 0 Å². The molecule has 1 saturated heterocycles. The molecular weight excluding hydrogens is 250 g/mol. The first-order valence-corrected chi connectivity index (χ1v) is 7.43. The van der Waals surface area contributed by atoms with Crippen molar-refractivity contribution in [1.82, 2.24) is 9.80 Å². The van der Waals surface area contributed by atoms with Crippen LogP contribution in [0.3, 0.4) is 0 Å². The van der Waals surface area contributed by atoms with Crippen LogP contribution in [0.2, 0.25) is 0 Å². The van der Waals surface area contributed by atoms with Crippen molar-refractivity contribution in [2.24, 2.45) is 0 Å².